The lowest BCUT2D eigenvalue weighted by Gasteiger charge is -1.99. The summed E-state index contributed by atoms with van der Waals surface area (Å²) in [5, 5.41) is 21.6. The van der Waals surface area contributed by atoms with Gasteiger partial charge in [-0.15, -0.1) is 0 Å². The van der Waals surface area contributed by atoms with Gasteiger partial charge in [0.1, 0.15) is 4.90 Å². The summed E-state index contributed by atoms with van der Waals surface area (Å²) in [6, 6.07) is 11.7. The Balaban J connectivity index is 2.35. The molecular formula is C13H9N3O5S. The molecule has 8 nitrogen and oxygen atoms in total. The van der Waals surface area contributed by atoms with Crippen LogP contribution >= 0.6 is 0 Å². The number of rotatable bonds is 5. The van der Waals surface area contributed by atoms with E-state index in [0.29, 0.717) is 5.56 Å². The minimum absolute atomic E-state index is 0.192. The van der Waals surface area contributed by atoms with Gasteiger partial charge in [0.15, 0.2) is 11.0 Å². The second kappa shape index (κ2) is 6.68. The van der Waals surface area contributed by atoms with Crippen molar-refractivity contribution < 1.29 is 14.1 Å². The van der Waals surface area contributed by atoms with Crippen LogP contribution in [0.25, 0.3) is 0 Å². The summed E-state index contributed by atoms with van der Waals surface area (Å²) in [6.45, 7) is 0. The molecule has 2 aromatic rings. The fourth-order valence-electron chi connectivity index (χ4n) is 1.61. The highest BCUT2D eigenvalue weighted by Crippen LogP contribution is 2.27. The summed E-state index contributed by atoms with van der Waals surface area (Å²) in [5.74, 6) is 0. The van der Waals surface area contributed by atoms with Gasteiger partial charge in [-0.05, 0) is 11.6 Å². The van der Waals surface area contributed by atoms with Gasteiger partial charge in [0, 0.05) is 12.3 Å². The molecule has 0 radical (unpaired) electrons. The van der Waals surface area contributed by atoms with Crippen LogP contribution < -0.4 is 0 Å². The minimum atomic E-state index is -2.03. The second-order valence-electron chi connectivity index (χ2n) is 4.06. The van der Waals surface area contributed by atoms with Crippen LogP contribution in [0, 0.1) is 20.2 Å². The van der Waals surface area contributed by atoms with Crippen molar-refractivity contribution in [1.29, 1.82) is 0 Å². The van der Waals surface area contributed by atoms with Crippen LogP contribution in [0.2, 0.25) is 0 Å². The molecule has 0 amide bonds. The fourth-order valence-corrected chi connectivity index (χ4v) is 2.44. The van der Waals surface area contributed by atoms with Gasteiger partial charge < -0.3 is 0 Å². The SMILES string of the molecule is O=[N+]([O-])c1ccc([S@](=O)N=Cc2ccccc2)c([N+](=O)[O-])c1. The van der Waals surface area contributed by atoms with E-state index in [9.17, 15) is 24.4 Å². The third-order valence-electron chi connectivity index (χ3n) is 2.64. The first-order valence-corrected chi connectivity index (χ1v) is 7.03. The maximum atomic E-state index is 12.1. The van der Waals surface area contributed by atoms with Crippen LogP contribution in [0.3, 0.4) is 0 Å². The van der Waals surface area contributed by atoms with Gasteiger partial charge in [0.25, 0.3) is 11.4 Å². The summed E-state index contributed by atoms with van der Waals surface area (Å²) in [5.41, 5.74) is -0.363. The lowest BCUT2D eigenvalue weighted by Crippen LogP contribution is -1.99. The Labute approximate surface area is 127 Å². The molecule has 0 aromatic heterocycles. The number of benzene rings is 2. The highest BCUT2D eigenvalue weighted by atomic mass is 32.2. The standard InChI is InChI=1S/C13H9N3O5S/c17-15(18)11-6-7-13(12(8-11)16(19)20)22(21)14-9-10-4-2-1-3-5-10/h1-9H/t22-/m0/s1. The number of non-ortho nitro benzene ring substituents is 1. The van der Waals surface area contributed by atoms with Gasteiger partial charge in [0.2, 0.25) is 0 Å². The van der Waals surface area contributed by atoms with E-state index in [0.717, 1.165) is 18.2 Å². The minimum Gasteiger partial charge on any atom is -0.258 e. The lowest BCUT2D eigenvalue weighted by molar-refractivity contribution is -0.396. The molecule has 0 unspecified atom stereocenters. The molecule has 9 heteroatoms. The maximum Gasteiger partial charge on any atom is 0.294 e. The molecule has 0 aliphatic heterocycles. The Morgan fingerprint density at radius 2 is 1.68 bits per heavy atom. The van der Waals surface area contributed by atoms with Crippen molar-refractivity contribution in [3.63, 3.8) is 0 Å². The third-order valence-corrected chi connectivity index (χ3v) is 3.65. The molecule has 2 aromatic carbocycles. The van der Waals surface area contributed by atoms with Gasteiger partial charge in [0.05, 0.1) is 15.9 Å². The predicted octanol–water partition coefficient (Wildman–Crippen LogP) is 2.64. The normalized spacial score (nSPS) is 12.2. The molecule has 1 atom stereocenters. The molecule has 0 bridgehead atoms. The Kier molecular flexibility index (Phi) is 4.69. The molecule has 22 heavy (non-hydrogen) atoms. The van der Waals surface area contributed by atoms with E-state index >= 15 is 0 Å². The van der Waals surface area contributed by atoms with Gasteiger partial charge >= 0.3 is 0 Å². The van der Waals surface area contributed by atoms with Crippen LogP contribution in [0.1, 0.15) is 5.56 Å². The number of nitrogens with zero attached hydrogens (tertiary/aromatic N) is 3. The molecule has 0 spiro atoms. The van der Waals surface area contributed by atoms with Crippen LogP contribution in [-0.4, -0.2) is 20.3 Å². The van der Waals surface area contributed by atoms with Crippen molar-refractivity contribution in [2.75, 3.05) is 0 Å². The molecule has 112 valence electrons. The summed E-state index contributed by atoms with van der Waals surface area (Å²) in [7, 11) is -2.03. The Morgan fingerprint density at radius 1 is 1.00 bits per heavy atom. The first kappa shape index (κ1) is 15.4. The molecule has 0 saturated carbocycles. The predicted molar refractivity (Wildman–Crippen MR) is 80.2 cm³/mol. The number of hydrogen-bond acceptors (Lipinski definition) is 5. The highest BCUT2D eigenvalue weighted by Gasteiger charge is 2.22. The number of nitro groups is 2. The molecular weight excluding hydrogens is 310 g/mol. The van der Waals surface area contributed by atoms with Gasteiger partial charge in [-0.3, -0.25) is 20.2 Å². The average Bonchev–Trinajstić information content (AvgIpc) is 2.52. The Morgan fingerprint density at radius 3 is 2.27 bits per heavy atom. The topological polar surface area (TPSA) is 116 Å². The van der Waals surface area contributed by atoms with Gasteiger partial charge in [-0.1, -0.05) is 30.3 Å². The van der Waals surface area contributed by atoms with Crippen molar-refractivity contribution in [3.8, 4) is 0 Å². The van der Waals surface area contributed by atoms with Gasteiger partial charge in [-0.2, -0.15) is 4.40 Å². The van der Waals surface area contributed by atoms with Crippen LogP contribution in [0.15, 0.2) is 57.8 Å². The zero-order chi connectivity index (χ0) is 16.1. The van der Waals surface area contributed by atoms with Crippen LogP contribution in [-0.2, 0) is 11.0 Å². The van der Waals surface area contributed by atoms with Crippen molar-refractivity contribution in [3.05, 3.63) is 74.3 Å². The molecule has 0 saturated heterocycles. The first-order valence-electron chi connectivity index (χ1n) is 5.93. The van der Waals surface area contributed by atoms with Gasteiger partial charge in [-0.25, -0.2) is 4.21 Å². The van der Waals surface area contributed by atoms with E-state index in [1.165, 1.54) is 6.21 Å². The Bertz CT molecular complexity index is 776. The molecule has 0 aliphatic rings. The number of hydrogen-bond donors (Lipinski definition) is 0. The smallest absolute Gasteiger partial charge is 0.258 e. The van der Waals surface area contributed by atoms with Crippen LogP contribution in [0.4, 0.5) is 11.4 Å². The number of nitro benzene ring substituents is 2. The van der Waals surface area contributed by atoms with Crippen molar-refractivity contribution in [2.24, 2.45) is 4.40 Å². The van der Waals surface area contributed by atoms with E-state index in [1.54, 1.807) is 30.3 Å². The zero-order valence-electron chi connectivity index (χ0n) is 11.0. The molecule has 2 rings (SSSR count). The fraction of sp³-hybridized carbons (Fsp3) is 0. The van der Waals surface area contributed by atoms with E-state index in [-0.39, 0.29) is 4.90 Å². The monoisotopic (exact) mass is 319 g/mol. The molecule has 0 N–H and O–H groups in total. The van der Waals surface area contributed by atoms with Crippen molar-refractivity contribution in [2.45, 2.75) is 4.90 Å². The van der Waals surface area contributed by atoms with E-state index in [4.69, 9.17) is 0 Å². The second-order valence-corrected chi connectivity index (χ2v) is 5.21. The first-order chi connectivity index (χ1) is 10.5. The largest absolute Gasteiger partial charge is 0.294 e. The summed E-state index contributed by atoms with van der Waals surface area (Å²) >= 11 is 0. The summed E-state index contributed by atoms with van der Waals surface area (Å²) < 4.78 is 15.8. The summed E-state index contributed by atoms with van der Waals surface area (Å²) in [6.07, 6.45) is 1.32. The van der Waals surface area contributed by atoms with Crippen LogP contribution in [0.5, 0.6) is 0 Å². The zero-order valence-corrected chi connectivity index (χ0v) is 11.8. The Hall–Kier alpha value is -2.94. The quantitative estimate of drug-likeness (QED) is 0.477. The third kappa shape index (κ3) is 3.58. The summed E-state index contributed by atoms with van der Waals surface area (Å²) in [4.78, 5) is 19.8. The molecule has 0 fully saturated rings. The molecule has 0 aliphatic carbocycles. The maximum absolute atomic E-state index is 12.1. The van der Waals surface area contributed by atoms with E-state index in [2.05, 4.69) is 4.40 Å². The van der Waals surface area contributed by atoms with E-state index in [1.807, 2.05) is 0 Å². The average molecular weight is 319 g/mol. The van der Waals surface area contributed by atoms with Crippen molar-refractivity contribution >= 4 is 28.6 Å². The molecule has 0 heterocycles. The highest BCUT2D eigenvalue weighted by molar-refractivity contribution is 7.84. The van der Waals surface area contributed by atoms with E-state index < -0.39 is 32.2 Å². The van der Waals surface area contributed by atoms with Crippen molar-refractivity contribution in [1.82, 2.24) is 0 Å². The lowest BCUT2D eigenvalue weighted by atomic mass is 10.2.